The fourth-order valence-electron chi connectivity index (χ4n) is 3.30. The van der Waals surface area contributed by atoms with Gasteiger partial charge in [0.15, 0.2) is 0 Å². The van der Waals surface area contributed by atoms with E-state index in [-0.39, 0.29) is 5.92 Å². The van der Waals surface area contributed by atoms with Crippen LogP contribution in [0.4, 0.5) is 11.8 Å². The van der Waals surface area contributed by atoms with E-state index in [1.807, 2.05) is 13.0 Å². The maximum absolute atomic E-state index is 11.1. The molecule has 0 aromatic carbocycles. The number of piperidine rings is 1. The monoisotopic (exact) mass is 349 g/mol. The molecule has 8 heteroatoms. The summed E-state index contributed by atoms with van der Waals surface area (Å²) in [5, 5.41) is 12.4. The highest BCUT2D eigenvalue weighted by molar-refractivity contribution is 5.70. The first kappa shape index (κ1) is 17.9. The van der Waals surface area contributed by atoms with Crippen LogP contribution in [-0.4, -0.2) is 78.4 Å². The van der Waals surface area contributed by atoms with Crippen LogP contribution in [0.1, 0.15) is 18.5 Å². The van der Waals surface area contributed by atoms with Crippen molar-refractivity contribution in [3.63, 3.8) is 0 Å². The lowest BCUT2D eigenvalue weighted by molar-refractivity contribution is -0.142. The summed E-state index contributed by atoms with van der Waals surface area (Å²) < 4.78 is 5.36. The van der Waals surface area contributed by atoms with E-state index in [0.29, 0.717) is 18.8 Å². The Labute approximate surface area is 148 Å². The number of hydrogen-bond acceptors (Lipinski definition) is 7. The fraction of sp³-hybridized carbons (Fsp3) is 0.706. The molecule has 0 spiro atoms. The third-order valence-electron chi connectivity index (χ3n) is 4.82. The molecule has 2 aliphatic rings. The van der Waals surface area contributed by atoms with Gasteiger partial charge in [-0.15, -0.1) is 0 Å². The molecule has 1 aromatic rings. The Morgan fingerprint density at radius 1 is 1.28 bits per heavy atom. The van der Waals surface area contributed by atoms with Gasteiger partial charge in [0.25, 0.3) is 0 Å². The van der Waals surface area contributed by atoms with Crippen molar-refractivity contribution in [2.24, 2.45) is 5.92 Å². The summed E-state index contributed by atoms with van der Waals surface area (Å²) in [6.07, 6.45) is 1.33. The predicted molar refractivity (Wildman–Crippen MR) is 95.1 cm³/mol. The number of hydrogen-bond donors (Lipinski definition) is 2. The van der Waals surface area contributed by atoms with Crippen molar-refractivity contribution in [1.29, 1.82) is 0 Å². The summed E-state index contributed by atoms with van der Waals surface area (Å²) in [5.74, 6) is 0.600. The van der Waals surface area contributed by atoms with Crippen molar-refractivity contribution in [3.8, 4) is 0 Å². The predicted octanol–water partition coefficient (Wildman–Crippen LogP) is 0.830. The molecule has 2 aliphatic heterocycles. The van der Waals surface area contributed by atoms with Gasteiger partial charge in [-0.2, -0.15) is 4.98 Å². The Bertz CT molecular complexity index is 584. The van der Waals surface area contributed by atoms with Gasteiger partial charge in [0.1, 0.15) is 5.82 Å². The molecule has 0 amide bonds. The number of aryl methyl sites for hydroxylation is 1. The van der Waals surface area contributed by atoms with E-state index in [9.17, 15) is 4.79 Å². The van der Waals surface area contributed by atoms with E-state index in [0.717, 1.165) is 64.0 Å². The summed E-state index contributed by atoms with van der Waals surface area (Å²) >= 11 is 0. The Morgan fingerprint density at radius 2 is 2.00 bits per heavy atom. The highest BCUT2D eigenvalue weighted by Gasteiger charge is 2.25. The first-order chi connectivity index (χ1) is 12.1. The van der Waals surface area contributed by atoms with Crippen LogP contribution < -0.4 is 10.2 Å². The topological polar surface area (TPSA) is 90.8 Å². The van der Waals surface area contributed by atoms with Crippen LogP contribution in [0.2, 0.25) is 0 Å². The smallest absolute Gasteiger partial charge is 0.306 e. The van der Waals surface area contributed by atoms with E-state index >= 15 is 0 Å². The van der Waals surface area contributed by atoms with E-state index < -0.39 is 5.97 Å². The largest absolute Gasteiger partial charge is 0.481 e. The number of aromatic nitrogens is 2. The molecule has 0 aliphatic carbocycles. The van der Waals surface area contributed by atoms with Gasteiger partial charge >= 0.3 is 5.97 Å². The highest BCUT2D eigenvalue weighted by atomic mass is 16.5. The van der Waals surface area contributed by atoms with Crippen molar-refractivity contribution in [2.75, 3.05) is 62.7 Å². The molecular weight excluding hydrogens is 322 g/mol. The number of aliphatic carboxylic acids is 1. The zero-order chi connectivity index (χ0) is 17.6. The van der Waals surface area contributed by atoms with Crippen LogP contribution >= 0.6 is 0 Å². The number of morpholine rings is 1. The Balaban J connectivity index is 1.54. The normalized spacial score (nSPS) is 19.8. The zero-order valence-corrected chi connectivity index (χ0v) is 14.8. The number of carboxylic acids is 1. The van der Waals surface area contributed by atoms with Gasteiger partial charge in [-0.25, -0.2) is 4.98 Å². The summed E-state index contributed by atoms with van der Waals surface area (Å²) in [4.78, 5) is 24.7. The van der Waals surface area contributed by atoms with E-state index in [4.69, 9.17) is 9.84 Å². The molecule has 0 atom stereocenters. The second-order valence-corrected chi connectivity index (χ2v) is 6.67. The number of carboxylic acid groups (broad SMARTS) is 1. The summed E-state index contributed by atoms with van der Waals surface area (Å²) in [6, 6.07) is 1.97. The molecule has 25 heavy (non-hydrogen) atoms. The lowest BCUT2D eigenvalue weighted by Gasteiger charge is -2.31. The van der Waals surface area contributed by atoms with Crippen molar-refractivity contribution in [1.82, 2.24) is 14.9 Å². The summed E-state index contributed by atoms with van der Waals surface area (Å²) in [6.45, 7) is 8.70. The average Bonchev–Trinajstić information content (AvgIpc) is 2.62. The lowest BCUT2D eigenvalue weighted by atomic mass is 9.97. The molecule has 8 nitrogen and oxygen atoms in total. The summed E-state index contributed by atoms with van der Waals surface area (Å²) in [5.41, 5.74) is 0.916. The number of ether oxygens (including phenoxy) is 1. The molecule has 2 saturated heterocycles. The van der Waals surface area contributed by atoms with E-state index in [1.165, 1.54) is 0 Å². The molecular formula is C17H27N5O3. The molecule has 2 N–H and O–H groups in total. The Hall–Kier alpha value is -1.93. The van der Waals surface area contributed by atoms with Crippen molar-refractivity contribution in [2.45, 2.75) is 19.8 Å². The Kier molecular flexibility index (Phi) is 6.04. The number of rotatable bonds is 6. The highest BCUT2D eigenvalue weighted by Crippen LogP contribution is 2.23. The molecule has 0 unspecified atom stereocenters. The van der Waals surface area contributed by atoms with Crippen LogP contribution in [-0.2, 0) is 9.53 Å². The molecule has 138 valence electrons. The number of carbonyl (C=O) groups is 1. The van der Waals surface area contributed by atoms with Crippen LogP contribution in [0.25, 0.3) is 0 Å². The van der Waals surface area contributed by atoms with Gasteiger partial charge in [-0.1, -0.05) is 0 Å². The maximum Gasteiger partial charge on any atom is 0.306 e. The number of nitrogens with one attached hydrogen (secondary N) is 1. The SMILES string of the molecule is Cc1cc(N2CCC(C(=O)O)CC2)nc(NCCN2CCOCC2)n1. The average molecular weight is 349 g/mol. The first-order valence-electron chi connectivity index (χ1n) is 8.99. The van der Waals surface area contributed by atoms with E-state index in [1.54, 1.807) is 0 Å². The quantitative estimate of drug-likeness (QED) is 0.780. The number of anilines is 2. The second kappa shape index (κ2) is 8.44. The van der Waals surface area contributed by atoms with Crippen LogP contribution in [0.15, 0.2) is 6.07 Å². The van der Waals surface area contributed by atoms with Gasteiger partial charge in [0, 0.05) is 51.0 Å². The van der Waals surface area contributed by atoms with Crippen molar-refractivity contribution < 1.29 is 14.6 Å². The molecule has 0 saturated carbocycles. The minimum atomic E-state index is -0.691. The number of nitrogens with zero attached hydrogens (tertiary/aromatic N) is 4. The standard InChI is InChI=1S/C17H27N5O3/c1-13-12-15(22-5-2-14(3-6-22)16(23)24)20-17(19-13)18-4-7-21-8-10-25-11-9-21/h12,14H,2-11H2,1H3,(H,23,24)(H,18,19,20). The van der Waals surface area contributed by atoms with Crippen molar-refractivity contribution >= 4 is 17.7 Å². The fourth-order valence-corrected chi connectivity index (χ4v) is 3.30. The minimum Gasteiger partial charge on any atom is -0.481 e. The van der Waals surface area contributed by atoms with Gasteiger partial charge in [-0.05, 0) is 19.8 Å². The zero-order valence-electron chi connectivity index (χ0n) is 14.8. The third-order valence-corrected chi connectivity index (χ3v) is 4.82. The Morgan fingerprint density at radius 3 is 2.68 bits per heavy atom. The molecule has 3 rings (SSSR count). The van der Waals surface area contributed by atoms with E-state index in [2.05, 4.69) is 25.1 Å². The molecule has 2 fully saturated rings. The summed E-state index contributed by atoms with van der Waals surface area (Å²) in [7, 11) is 0. The van der Waals surface area contributed by atoms with Crippen LogP contribution in [0.5, 0.6) is 0 Å². The molecule has 3 heterocycles. The first-order valence-corrected chi connectivity index (χ1v) is 8.99. The van der Waals surface area contributed by atoms with Crippen molar-refractivity contribution in [3.05, 3.63) is 11.8 Å². The lowest BCUT2D eigenvalue weighted by Crippen LogP contribution is -2.39. The maximum atomic E-state index is 11.1. The second-order valence-electron chi connectivity index (χ2n) is 6.67. The molecule has 1 aromatic heterocycles. The van der Waals surface area contributed by atoms with Crippen LogP contribution in [0.3, 0.4) is 0 Å². The van der Waals surface area contributed by atoms with Gasteiger partial charge < -0.3 is 20.1 Å². The van der Waals surface area contributed by atoms with Gasteiger partial charge in [0.2, 0.25) is 5.95 Å². The van der Waals surface area contributed by atoms with Gasteiger partial charge in [-0.3, -0.25) is 9.69 Å². The molecule has 0 radical (unpaired) electrons. The van der Waals surface area contributed by atoms with Crippen LogP contribution in [0, 0.1) is 12.8 Å². The third kappa shape index (κ3) is 5.02. The minimum absolute atomic E-state index is 0.231. The van der Waals surface area contributed by atoms with Gasteiger partial charge in [0.05, 0.1) is 19.1 Å². The molecule has 0 bridgehead atoms.